The van der Waals surface area contributed by atoms with Gasteiger partial charge in [-0.3, -0.25) is 4.79 Å². The molecule has 0 atom stereocenters. The molecule has 0 aliphatic carbocycles. The van der Waals surface area contributed by atoms with Gasteiger partial charge < -0.3 is 10.1 Å². The van der Waals surface area contributed by atoms with E-state index in [1.807, 2.05) is 37.3 Å². The van der Waals surface area contributed by atoms with Gasteiger partial charge in [0.15, 0.2) is 5.65 Å². The average Bonchev–Trinajstić information content (AvgIpc) is 3.08. The molecule has 1 N–H and O–H groups in total. The highest BCUT2D eigenvalue weighted by molar-refractivity contribution is 6.31. The first kappa shape index (κ1) is 19.1. The first-order valence-electron chi connectivity index (χ1n) is 9.07. The zero-order valence-electron chi connectivity index (χ0n) is 16.0. The van der Waals surface area contributed by atoms with E-state index in [-0.39, 0.29) is 5.91 Å². The molecule has 4 aromatic rings. The normalized spacial score (nSPS) is 11.0. The van der Waals surface area contributed by atoms with Crippen LogP contribution in [0.15, 0.2) is 60.8 Å². The van der Waals surface area contributed by atoms with E-state index in [1.165, 1.54) is 0 Å². The number of benzene rings is 2. The van der Waals surface area contributed by atoms with E-state index in [0.717, 1.165) is 16.8 Å². The minimum absolute atomic E-state index is 0.274. The van der Waals surface area contributed by atoms with Crippen molar-refractivity contribution in [3.8, 4) is 11.1 Å². The second-order valence-corrected chi connectivity index (χ2v) is 7.01. The van der Waals surface area contributed by atoms with Gasteiger partial charge in [-0.25, -0.2) is 9.50 Å². The number of rotatable bonds is 5. The lowest BCUT2D eigenvalue weighted by Crippen LogP contribution is -2.16. The van der Waals surface area contributed by atoms with Crippen LogP contribution < -0.4 is 5.32 Å². The number of aromatic nitrogens is 3. The molecule has 0 saturated heterocycles. The number of methoxy groups -OCH3 is 1. The molecule has 0 bridgehead atoms. The Hall–Kier alpha value is -3.22. The molecule has 0 aliphatic heterocycles. The van der Waals surface area contributed by atoms with E-state index in [2.05, 4.69) is 15.4 Å². The molecule has 4 rings (SSSR count). The molecule has 0 radical (unpaired) electrons. The fraction of sp³-hybridized carbons (Fsp3) is 0.136. The first-order valence-corrected chi connectivity index (χ1v) is 9.44. The molecule has 29 heavy (non-hydrogen) atoms. The summed E-state index contributed by atoms with van der Waals surface area (Å²) in [7, 11) is 1.63. The number of carbonyl (C=O) groups is 1. The summed E-state index contributed by atoms with van der Waals surface area (Å²) in [5.74, 6) is -0.274. The Morgan fingerprint density at radius 3 is 2.69 bits per heavy atom. The first-order chi connectivity index (χ1) is 14.1. The largest absolute Gasteiger partial charge is 0.378 e. The number of anilines is 1. The maximum Gasteiger partial charge on any atom is 0.259 e. The molecular weight excluding hydrogens is 388 g/mol. The Morgan fingerprint density at radius 2 is 1.97 bits per heavy atom. The van der Waals surface area contributed by atoms with Crippen LogP contribution in [0.3, 0.4) is 0 Å². The van der Waals surface area contributed by atoms with Crippen molar-refractivity contribution >= 4 is 28.8 Å². The van der Waals surface area contributed by atoms with Gasteiger partial charge in [-0.05, 0) is 30.7 Å². The summed E-state index contributed by atoms with van der Waals surface area (Å²) < 4.78 is 7.03. The van der Waals surface area contributed by atoms with Crippen LogP contribution in [-0.2, 0) is 11.3 Å². The number of ether oxygens (including phenoxy) is 1. The molecule has 7 heteroatoms. The molecule has 0 fully saturated rings. The molecule has 2 heterocycles. The standard InChI is InChI=1S/C22H19ClN4O2/c1-14-18(22(28)25-17-10-6-9-16(23)11-17)12-24-21-20(15-7-4-3-5-8-15)19(13-29-2)26-27(14)21/h3-12H,13H2,1-2H3,(H,25,28). The number of halogens is 1. The summed E-state index contributed by atoms with van der Waals surface area (Å²) in [6.07, 6.45) is 1.58. The van der Waals surface area contributed by atoms with Gasteiger partial charge in [-0.15, -0.1) is 0 Å². The SMILES string of the molecule is COCc1nn2c(C)c(C(=O)Nc3cccc(Cl)c3)cnc2c1-c1ccccc1. The number of amides is 1. The Morgan fingerprint density at radius 1 is 1.17 bits per heavy atom. The summed E-state index contributed by atoms with van der Waals surface area (Å²) in [5.41, 5.74) is 5.09. The van der Waals surface area contributed by atoms with Crippen molar-refractivity contribution < 1.29 is 9.53 Å². The average molecular weight is 407 g/mol. The van der Waals surface area contributed by atoms with Gasteiger partial charge in [-0.2, -0.15) is 5.10 Å². The number of aryl methyl sites for hydroxylation is 1. The van der Waals surface area contributed by atoms with E-state index in [1.54, 1.807) is 42.1 Å². The molecule has 0 spiro atoms. The molecule has 6 nitrogen and oxygen atoms in total. The van der Waals surface area contributed by atoms with Crippen LogP contribution in [0.1, 0.15) is 21.7 Å². The van der Waals surface area contributed by atoms with Crippen LogP contribution in [0.2, 0.25) is 5.02 Å². The number of hydrogen-bond donors (Lipinski definition) is 1. The van der Waals surface area contributed by atoms with Crippen LogP contribution in [0.5, 0.6) is 0 Å². The van der Waals surface area contributed by atoms with E-state index < -0.39 is 0 Å². The second-order valence-electron chi connectivity index (χ2n) is 6.58. The highest BCUT2D eigenvalue weighted by Crippen LogP contribution is 2.29. The summed E-state index contributed by atoms with van der Waals surface area (Å²) >= 11 is 6.00. The topological polar surface area (TPSA) is 68.5 Å². The van der Waals surface area contributed by atoms with Crippen molar-refractivity contribution in [2.75, 3.05) is 12.4 Å². The monoisotopic (exact) mass is 406 g/mol. The number of carbonyl (C=O) groups excluding carboxylic acids is 1. The predicted octanol–water partition coefficient (Wildman–Crippen LogP) is 4.76. The highest BCUT2D eigenvalue weighted by atomic mass is 35.5. The van der Waals surface area contributed by atoms with Crippen LogP contribution in [0.4, 0.5) is 5.69 Å². The maximum absolute atomic E-state index is 12.8. The molecule has 0 saturated carbocycles. The summed E-state index contributed by atoms with van der Waals surface area (Å²) in [6.45, 7) is 2.19. The van der Waals surface area contributed by atoms with Gasteiger partial charge >= 0.3 is 0 Å². The Kier molecular flexibility index (Phi) is 5.29. The summed E-state index contributed by atoms with van der Waals surface area (Å²) in [4.78, 5) is 17.4. The van der Waals surface area contributed by atoms with Crippen molar-refractivity contribution in [3.05, 3.63) is 82.8 Å². The highest BCUT2D eigenvalue weighted by Gasteiger charge is 2.20. The van der Waals surface area contributed by atoms with E-state index >= 15 is 0 Å². The summed E-state index contributed by atoms with van der Waals surface area (Å²) in [6, 6.07) is 16.9. The predicted molar refractivity (Wildman–Crippen MR) is 113 cm³/mol. The van der Waals surface area contributed by atoms with Crippen LogP contribution in [0, 0.1) is 6.92 Å². The lowest BCUT2D eigenvalue weighted by atomic mass is 10.1. The van der Waals surface area contributed by atoms with Gasteiger partial charge in [0.05, 0.1) is 29.1 Å². The zero-order valence-corrected chi connectivity index (χ0v) is 16.8. The Labute approximate surface area is 173 Å². The van der Waals surface area contributed by atoms with Crippen molar-refractivity contribution in [2.45, 2.75) is 13.5 Å². The van der Waals surface area contributed by atoms with Gasteiger partial charge in [0, 0.05) is 24.0 Å². The lowest BCUT2D eigenvalue weighted by molar-refractivity contribution is 0.102. The number of nitrogens with one attached hydrogen (secondary N) is 1. The van der Waals surface area contributed by atoms with Gasteiger partial charge in [0.1, 0.15) is 0 Å². The van der Waals surface area contributed by atoms with Crippen molar-refractivity contribution in [3.63, 3.8) is 0 Å². The van der Waals surface area contributed by atoms with Gasteiger partial charge in [0.2, 0.25) is 0 Å². The number of fused-ring (bicyclic) bond motifs is 1. The zero-order chi connectivity index (χ0) is 20.4. The summed E-state index contributed by atoms with van der Waals surface area (Å²) in [5, 5.41) is 8.08. The third-order valence-electron chi connectivity index (χ3n) is 4.63. The Bertz CT molecular complexity index is 1190. The molecule has 0 aliphatic rings. The quantitative estimate of drug-likeness (QED) is 0.519. The molecule has 0 unspecified atom stereocenters. The van der Waals surface area contributed by atoms with E-state index in [0.29, 0.717) is 34.2 Å². The number of nitrogens with zero attached hydrogens (tertiary/aromatic N) is 3. The minimum Gasteiger partial charge on any atom is -0.378 e. The minimum atomic E-state index is -0.274. The molecule has 2 aromatic carbocycles. The molecular formula is C22H19ClN4O2. The maximum atomic E-state index is 12.8. The molecule has 2 aromatic heterocycles. The van der Waals surface area contributed by atoms with Crippen molar-refractivity contribution in [1.82, 2.24) is 14.6 Å². The van der Waals surface area contributed by atoms with Crippen LogP contribution in [0.25, 0.3) is 16.8 Å². The van der Waals surface area contributed by atoms with Crippen molar-refractivity contribution in [1.29, 1.82) is 0 Å². The lowest BCUT2D eigenvalue weighted by Gasteiger charge is -2.09. The van der Waals surface area contributed by atoms with E-state index in [9.17, 15) is 4.79 Å². The fourth-order valence-electron chi connectivity index (χ4n) is 3.27. The van der Waals surface area contributed by atoms with Crippen LogP contribution in [-0.4, -0.2) is 27.6 Å². The van der Waals surface area contributed by atoms with Crippen molar-refractivity contribution in [2.24, 2.45) is 0 Å². The van der Waals surface area contributed by atoms with E-state index in [4.69, 9.17) is 16.3 Å². The van der Waals surface area contributed by atoms with Gasteiger partial charge in [-0.1, -0.05) is 48.0 Å². The molecule has 1 amide bonds. The third-order valence-corrected chi connectivity index (χ3v) is 4.86. The number of hydrogen-bond acceptors (Lipinski definition) is 4. The van der Waals surface area contributed by atoms with Gasteiger partial charge in [0.25, 0.3) is 5.91 Å². The third kappa shape index (κ3) is 3.72. The second kappa shape index (κ2) is 8.03. The smallest absolute Gasteiger partial charge is 0.259 e. The molecule has 146 valence electrons. The fourth-order valence-corrected chi connectivity index (χ4v) is 3.46. The van der Waals surface area contributed by atoms with Crippen LogP contribution >= 0.6 is 11.6 Å². The Balaban J connectivity index is 1.79.